The average Bonchev–Trinajstić information content (AvgIpc) is 3.24. The maximum Gasteiger partial charge on any atom is 0.407 e. The fourth-order valence-corrected chi connectivity index (χ4v) is 2.51. The van der Waals surface area contributed by atoms with E-state index in [1.807, 2.05) is 39.8 Å². The number of phenolic OH excluding ortho intramolecular Hbond substituents is 1. The first kappa shape index (κ1) is 17.6. The average molecular weight is 320 g/mol. The molecule has 128 valence electrons. The number of benzene rings is 1. The van der Waals surface area contributed by atoms with Gasteiger partial charge in [0.25, 0.3) is 0 Å². The number of phenols is 1. The third-order valence-electron chi connectivity index (χ3n) is 3.81. The fourth-order valence-electron chi connectivity index (χ4n) is 2.51. The summed E-state index contributed by atoms with van der Waals surface area (Å²) in [5.41, 5.74) is 1.50. The third kappa shape index (κ3) is 6.10. The van der Waals surface area contributed by atoms with Gasteiger partial charge in [0, 0.05) is 24.7 Å². The van der Waals surface area contributed by atoms with E-state index in [-0.39, 0.29) is 12.1 Å². The normalized spacial score (nSPS) is 16.0. The monoisotopic (exact) mass is 320 g/mol. The quantitative estimate of drug-likeness (QED) is 0.753. The molecule has 1 amide bonds. The second-order valence-corrected chi connectivity index (χ2v) is 7.35. The van der Waals surface area contributed by atoms with Gasteiger partial charge in [-0.1, -0.05) is 17.7 Å². The highest BCUT2D eigenvalue weighted by molar-refractivity contribution is 5.68. The van der Waals surface area contributed by atoms with Crippen molar-refractivity contribution in [2.45, 2.75) is 58.7 Å². The van der Waals surface area contributed by atoms with Crippen molar-refractivity contribution in [3.05, 3.63) is 29.3 Å². The van der Waals surface area contributed by atoms with E-state index in [4.69, 9.17) is 4.74 Å². The van der Waals surface area contributed by atoms with Crippen molar-refractivity contribution in [1.82, 2.24) is 10.6 Å². The summed E-state index contributed by atoms with van der Waals surface area (Å²) < 4.78 is 5.33. The molecular formula is C18H28N2O3. The van der Waals surface area contributed by atoms with Crippen molar-refractivity contribution < 1.29 is 14.6 Å². The van der Waals surface area contributed by atoms with Gasteiger partial charge in [0.15, 0.2) is 0 Å². The Morgan fingerprint density at radius 1 is 1.39 bits per heavy atom. The van der Waals surface area contributed by atoms with Crippen LogP contribution in [-0.4, -0.2) is 29.4 Å². The van der Waals surface area contributed by atoms with Gasteiger partial charge < -0.3 is 20.5 Å². The summed E-state index contributed by atoms with van der Waals surface area (Å²) in [5.74, 6) is 0.812. The third-order valence-corrected chi connectivity index (χ3v) is 3.81. The van der Waals surface area contributed by atoms with Gasteiger partial charge in [0.2, 0.25) is 0 Å². The van der Waals surface area contributed by atoms with Crippen molar-refractivity contribution in [1.29, 1.82) is 0 Å². The van der Waals surface area contributed by atoms with Gasteiger partial charge >= 0.3 is 6.09 Å². The van der Waals surface area contributed by atoms with Crippen molar-refractivity contribution in [2.75, 3.05) is 6.54 Å². The molecule has 1 atom stereocenters. The van der Waals surface area contributed by atoms with Crippen LogP contribution < -0.4 is 10.6 Å². The topological polar surface area (TPSA) is 70.6 Å². The highest BCUT2D eigenvalue weighted by Crippen LogP contribution is 2.32. The largest absolute Gasteiger partial charge is 0.508 e. The second kappa shape index (κ2) is 7.21. The molecule has 2 rings (SSSR count). The summed E-state index contributed by atoms with van der Waals surface area (Å²) in [4.78, 5) is 11.9. The minimum Gasteiger partial charge on any atom is -0.508 e. The fraction of sp³-hybridized carbons (Fsp3) is 0.611. The van der Waals surface area contributed by atoms with E-state index < -0.39 is 5.60 Å². The lowest BCUT2D eigenvalue weighted by molar-refractivity contribution is 0.0497. The van der Waals surface area contributed by atoms with Crippen LogP contribution in [0.4, 0.5) is 4.79 Å². The number of carbonyl (C=O) groups excluding carboxylic acids is 1. The lowest BCUT2D eigenvalue weighted by Crippen LogP contribution is -2.45. The van der Waals surface area contributed by atoms with Crippen molar-refractivity contribution in [3.8, 4) is 5.75 Å². The van der Waals surface area contributed by atoms with E-state index in [9.17, 15) is 9.90 Å². The summed E-state index contributed by atoms with van der Waals surface area (Å²) in [5, 5.41) is 16.2. The molecule has 5 heteroatoms. The minimum atomic E-state index is -0.487. The first-order valence-corrected chi connectivity index (χ1v) is 8.23. The molecule has 0 radical (unpaired) electrons. The van der Waals surface area contributed by atoms with Gasteiger partial charge in [0.1, 0.15) is 11.4 Å². The van der Waals surface area contributed by atoms with E-state index in [0.717, 1.165) is 24.0 Å². The summed E-state index contributed by atoms with van der Waals surface area (Å²) >= 11 is 0. The molecule has 1 aromatic carbocycles. The molecule has 1 aliphatic carbocycles. The predicted molar refractivity (Wildman–Crippen MR) is 90.4 cm³/mol. The number of rotatable bonds is 6. The Bertz CT molecular complexity index is 548. The maximum absolute atomic E-state index is 11.9. The van der Waals surface area contributed by atoms with E-state index in [1.165, 1.54) is 0 Å². The Balaban J connectivity index is 1.83. The number of aryl methyl sites for hydroxylation is 1. The summed E-state index contributed by atoms with van der Waals surface area (Å²) in [6.45, 7) is 8.82. The molecule has 23 heavy (non-hydrogen) atoms. The number of amides is 1. The van der Waals surface area contributed by atoms with Crippen LogP contribution in [0.25, 0.3) is 0 Å². The molecule has 1 aliphatic rings. The first-order chi connectivity index (χ1) is 10.7. The molecule has 1 fully saturated rings. The van der Waals surface area contributed by atoms with Crippen LogP contribution >= 0.6 is 0 Å². The van der Waals surface area contributed by atoms with Gasteiger partial charge in [-0.25, -0.2) is 4.79 Å². The number of alkyl carbamates (subject to hydrolysis) is 1. The Labute approximate surface area is 138 Å². The van der Waals surface area contributed by atoms with Gasteiger partial charge in [-0.05, 0) is 52.5 Å². The molecule has 1 unspecified atom stereocenters. The lowest BCUT2D eigenvalue weighted by Gasteiger charge is -2.24. The number of aromatic hydroxyl groups is 1. The predicted octanol–water partition coefficient (Wildman–Crippen LogP) is 3.09. The molecular weight excluding hydrogens is 292 g/mol. The minimum absolute atomic E-state index is 0.0665. The van der Waals surface area contributed by atoms with Crippen LogP contribution in [0.1, 0.15) is 44.7 Å². The second-order valence-electron chi connectivity index (χ2n) is 7.35. The molecule has 0 bridgehead atoms. The molecule has 1 aromatic rings. The summed E-state index contributed by atoms with van der Waals surface area (Å²) in [6, 6.07) is 5.63. The van der Waals surface area contributed by atoms with Gasteiger partial charge in [0.05, 0.1) is 0 Å². The van der Waals surface area contributed by atoms with Crippen LogP contribution in [0.2, 0.25) is 0 Å². The van der Waals surface area contributed by atoms with Crippen LogP contribution in [0.15, 0.2) is 18.2 Å². The molecule has 3 N–H and O–H groups in total. The molecule has 0 aromatic heterocycles. The standard InChI is InChI=1S/C18H28N2O3/c1-12-5-8-16(21)14(9-12)10-19-11-15(13-6-7-13)20-17(22)23-18(2,3)4/h5,8-9,13,15,19,21H,6-7,10-11H2,1-4H3,(H,20,22). The van der Waals surface area contributed by atoms with Crippen LogP contribution in [0, 0.1) is 12.8 Å². The number of nitrogens with one attached hydrogen (secondary N) is 2. The summed E-state index contributed by atoms with van der Waals surface area (Å²) in [7, 11) is 0. The Morgan fingerprint density at radius 2 is 2.09 bits per heavy atom. The molecule has 0 aliphatic heterocycles. The van der Waals surface area contributed by atoms with Crippen LogP contribution in [0.3, 0.4) is 0 Å². The molecule has 0 heterocycles. The molecule has 0 saturated heterocycles. The Hall–Kier alpha value is -1.75. The van der Waals surface area contributed by atoms with Crippen molar-refractivity contribution in [3.63, 3.8) is 0 Å². The SMILES string of the molecule is Cc1ccc(O)c(CNCC(NC(=O)OC(C)(C)C)C2CC2)c1. The Kier molecular flexibility index (Phi) is 5.52. The zero-order valence-electron chi connectivity index (χ0n) is 14.5. The van der Waals surface area contributed by atoms with Gasteiger partial charge in [-0.3, -0.25) is 0 Å². The van der Waals surface area contributed by atoms with Crippen molar-refractivity contribution >= 4 is 6.09 Å². The lowest BCUT2D eigenvalue weighted by atomic mass is 10.1. The van der Waals surface area contributed by atoms with E-state index in [2.05, 4.69) is 10.6 Å². The molecule has 5 nitrogen and oxygen atoms in total. The maximum atomic E-state index is 11.9. The number of hydrogen-bond donors (Lipinski definition) is 3. The van der Waals surface area contributed by atoms with E-state index in [0.29, 0.717) is 24.8 Å². The number of ether oxygens (including phenoxy) is 1. The highest BCUT2D eigenvalue weighted by Gasteiger charge is 2.33. The Morgan fingerprint density at radius 3 is 2.70 bits per heavy atom. The van der Waals surface area contributed by atoms with Gasteiger partial charge in [-0.15, -0.1) is 0 Å². The van der Waals surface area contributed by atoms with E-state index in [1.54, 1.807) is 6.07 Å². The van der Waals surface area contributed by atoms with Crippen LogP contribution in [-0.2, 0) is 11.3 Å². The van der Waals surface area contributed by atoms with E-state index >= 15 is 0 Å². The highest BCUT2D eigenvalue weighted by atomic mass is 16.6. The molecule has 1 saturated carbocycles. The summed E-state index contributed by atoms with van der Waals surface area (Å²) in [6.07, 6.45) is 1.91. The van der Waals surface area contributed by atoms with Gasteiger partial charge in [-0.2, -0.15) is 0 Å². The zero-order valence-corrected chi connectivity index (χ0v) is 14.5. The van der Waals surface area contributed by atoms with Crippen LogP contribution in [0.5, 0.6) is 5.75 Å². The smallest absolute Gasteiger partial charge is 0.407 e. The number of carbonyl (C=O) groups is 1. The first-order valence-electron chi connectivity index (χ1n) is 8.23. The molecule has 0 spiro atoms. The zero-order chi connectivity index (χ0) is 17.0. The number of hydrogen-bond acceptors (Lipinski definition) is 4. The van der Waals surface area contributed by atoms with Crippen molar-refractivity contribution in [2.24, 2.45) is 5.92 Å².